The Hall–Kier alpha value is 0.913. The molecule has 0 aliphatic carbocycles. The molecule has 5 heavy (non-hydrogen) atoms. The second-order valence-electron chi connectivity index (χ2n) is 0.577. The normalized spacial score (nSPS) is 3.60. The van der Waals surface area contributed by atoms with Gasteiger partial charge in [0.25, 0.3) is 0 Å². The molecule has 0 nitrogen and oxygen atoms in total. The summed E-state index contributed by atoms with van der Waals surface area (Å²) in [5.74, 6) is 0. The van der Waals surface area contributed by atoms with Gasteiger partial charge in [0.2, 0.25) is 0 Å². The zero-order valence-electron chi connectivity index (χ0n) is 3.66. The Labute approximate surface area is 52.5 Å². The molecule has 0 bridgehead atoms. The predicted molar refractivity (Wildman–Crippen MR) is 15.6 cm³/mol. The summed E-state index contributed by atoms with van der Waals surface area (Å²) in [5, 5.41) is 0. The van der Waals surface area contributed by atoms with E-state index in [-0.39, 0.29) is 31.9 Å². The maximum atomic E-state index is 2.00. The first kappa shape index (κ1) is 16.8. The van der Waals surface area contributed by atoms with Gasteiger partial charge in [0, 0.05) is 19.5 Å². The van der Waals surface area contributed by atoms with Crippen LogP contribution < -0.4 is 12.4 Å². The summed E-state index contributed by atoms with van der Waals surface area (Å²) < 4.78 is 0. The van der Waals surface area contributed by atoms with E-state index in [2.05, 4.69) is 0 Å². The van der Waals surface area contributed by atoms with Crippen LogP contribution >= 0.6 is 0 Å². The summed E-state index contributed by atoms with van der Waals surface area (Å²) in [4.78, 5) is 0. The van der Waals surface area contributed by atoms with Gasteiger partial charge in [0.05, 0.1) is 0 Å². The SMILES string of the molecule is C[CH]C.[Cl-].[Zn]. The Kier molecular flexibility index (Phi) is 69.1. The van der Waals surface area contributed by atoms with Gasteiger partial charge < -0.3 is 12.4 Å². The number of hydrogen-bond acceptors (Lipinski definition) is 0. The van der Waals surface area contributed by atoms with Crippen molar-refractivity contribution in [3.05, 3.63) is 6.42 Å². The van der Waals surface area contributed by atoms with Crippen LogP contribution in [0.3, 0.4) is 0 Å². The molecule has 0 spiro atoms. The van der Waals surface area contributed by atoms with Crippen LogP contribution in [0.2, 0.25) is 0 Å². The summed E-state index contributed by atoms with van der Waals surface area (Å²) in [7, 11) is 0. The van der Waals surface area contributed by atoms with E-state index >= 15 is 0 Å². The Morgan fingerprint density at radius 2 is 1.20 bits per heavy atom. The average molecular weight is 144 g/mol. The fourth-order valence-electron chi connectivity index (χ4n) is 0. The third-order valence-electron chi connectivity index (χ3n) is 0. The van der Waals surface area contributed by atoms with E-state index in [0.29, 0.717) is 0 Å². The maximum Gasteiger partial charge on any atom is 0 e. The Balaban J connectivity index is -0.0000000200. The molecule has 0 saturated heterocycles. The second-order valence-corrected chi connectivity index (χ2v) is 0.577. The van der Waals surface area contributed by atoms with Crippen molar-refractivity contribution in [1.29, 1.82) is 0 Å². The van der Waals surface area contributed by atoms with Gasteiger partial charge in [0.15, 0.2) is 0 Å². The van der Waals surface area contributed by atoms with Gasteiger partial charge >= 0.3 is 0 Å². The average Bonchev–Trinajstić information content (AvgIpc) is 0.918. The smallest absolute Gasteiger partial charge is 0 e. The molecule has 29 valence electrons. The van der Waals surface area contributed by atoms with Crippen molar-refractivity contribution in [2.75, 3.05) is 0 Å². The fourth-order valence-corrected chi connectivity index (χ4v) is 0. The van der Waals surface area contributed by atoms with Crippen LogP contribution in [0.5, 0.6) is 0 Å². The molecule has 2 heteroatoms. The zero-order valence-corrected chi connectivity index (χ0v) is 7.39. The number of rotatable bonds is 0. The molecule has 0 atom stereocenters. The Morgan fingerprint density at radius 3 is 1.20 bits per heavy atom. The zero-order chi connectivity index (χ0) is 2.71. The van der Waals surface area contributed by atoms with Crippen molar-refractivity contribution in [3.63, 3.8) is 0 Å². The van der Waals surface area contributed by atoms with E-state index in [4.69, 9.17) is 0 Å². The third-order valence-corrected chi connectivity index (χ3v) is 0. The minimum absolute atomic E-state index is 0. The first-order valence-corrected chi connectivity index (χ1v) is 1.15. The number of halogens is 1. The standard InChI is InChI=1S/C3H7.ClH.Zn/c1-3-2;;/h3H,1-2H3;1H;/p-1. The van der Waals surface area contributed by atoms with E-state index in [9.17, 15) is 0 Å². The van der Waals surface area contributed by atoms with Crippen LogP contribution in [-0.4, -0.2) is 0 Å². The van der Waals surface area contributed by atoms with Crippen LogP contribution in [0.1, 0.15) is 13.8 Å². The molecule has 0 aromatic heterocycles. The predicted octanol–water partition coefficient (Wildman–Crippen LogP) is -1.77. The van der Waals surface area contributed by atoms with Crippen LogP contribution in [0.4, 0.5) is 0 Å². The quantitative estimate of drug-likeness (QED) is 0.353. The van der Waals surface area contributed by atoms with Crippen LogP contribution in [0.25, 0.3) is 0 Å². The maximum absolute atomic E-state index is 2.00. The molecule has 0 rings (SSSR count). The monoisotopic (exact) mass is 142 g/mol. The molecule has 1 radical (unpaired) electrons. The van der Waals surface area contributed by atoms with Crippen LogP contribution in [0, 0.1) is 6.42 Å². The summed E-state index contributed by atoms with van der Waals surface area (Å²) in [6.07, 6.45) is 2.00. The Morgan fingerprint density at radius 1 is 1.20 bits per heavy atom. The van der Waals surface area contributed by atoms with Crippen molar-refractivity contribution in [2.45, 2.75) is 13.8 Å². The van der Waals surface area contributed by atoms with Gasteiger partial charge in [-0.15, -0.1) is 0 Å². The molecule has 0 amide bonds. The third kappa shape index (κ3) is 50.0. The molecule has 0 aromatic rings. The summed E-state index contributed by atoms with van der Waals surface area (Å²) in [5.41, 5.74) is 0. The van der Waals surface area contributed by atoms with Crippen molar-refractivity contribution < 1.29 is 31.9 Å². The Bertz CT molecular complexity index is 6.85. The largest absolute Gasteiger partial charge is 1.00 e. The van der Waals surface area contributed by atoms with Crippen molar-refractivity contribution in [2.24, 2.45) is 0 Å². The minimum atomic E-state index is 0. The van der Waals surface area contributed by atoms with Gasteiger partial charge in [-0.05, 0) is 6.42 Å². The van der Waals surface area contributed by atoms with Gasteiger partial charge in [-0.1, -0.05) is 13.8 Å². The minimum Gasteiger partial charge on any atom is -1.00 e. The summed E-state index contributed by atoms with van der Waals surface area (Å²) in [6.45, 7) is 4.00. The first-order chi connectivity index (χ1) is 1.41. The molecule has 0 aliphatic heterocycles. The van der Waals surface area contributed by atoms with E-state index in [1.807, 2.05) is 20.3 Å². The van der Waals surface area contributed by atoms with Gasteiger partial charge in [-0.25, -0.2) is 0 Å². The molecule has 0 unspecified atom stereocenters. The second kappa shape index (κ2) is 20.6. The van der Waals surface area contributed by atoms with Crippen molar-refractivity contribution in [3.8, 4) is 0 Å². The molecule has 0 saturated carbocycles. The fraction of sp³-hybridized carbons (Fsp3) is 0.667. The van der Waals surface area contributed by atoms with Crippen molar-refractivity contribution >= 4 is 0 Å². The first-order valence-electron chi connectivity index (χ1n) is 1.15. The molecular weight excluding hydrogens is 137 g/mol. The van der Waals surface area contributed by atoms with E-state index in [1.54, 1.807) is 0 Å². The molecular formula is C3H7ClZn-. The van der Waals surface area contributed by atoms with E-state index < -0.39 is 0 Å². The van der Waals surface area contributed by atoms with Crippen LogP contribution in [-0.2, 0) is 19.5 Å². The molecule has 0 N–H and O–H groups in total. The molecule has 0 fully saturated rings. The molecule has 0 aliphatic rings. The van der Waals surface area contributed by atoms with Gasteiger partial charge in [0.1, 0.15) is 0 Å². The summed E-state index contributed by atoms with van der Waals surface area (Å²) in [6, 6.07) is 0. The molecule has 0 aromatic carbocycles. The van der Waals surface area contributed by atoms with Crippen LogP contribution in [0.15, 0.2) is 0 Å². The van der Waals surface area contributed by atoms with E-state index in [1.165, 1.54) is 0 Å². The van der Waals surface area contributed by atoms with Gasteiger partial charge in [-0.3, -0.25) is 0 Å². The summed E-state index contributed by atoms with van der Waals surface area (Å²) >= 11 is 0. The van der Waals surface area contributed by atoms with Crippen molar-refractivity contribution in [1.82, 2.24) is 0 Å². The topological polar surface area (TPSA) is 0 Å². The number of hydrogen-bond donors (Lipinski definition) is 0. The van der Waals surface area contributed by atoms with Gasteiger partial charge in [-0.2, -0.15) is 0 Å². The van der Waals surface area contributed by atoms with E-state index in [0.717, 1.165) is 0 Å². The molecule has 0 heterocycles.